The summed E-state index contributed by atoms with van der Waals surface area (Å²) in [5.74, 6) is -1.68. The third kappa shape index (κ3) is 3.46. The summed E-state index contributed by atoms with van der Waals surface area (Å²) in [6.07, 6.45) is -4.55. The minimum absolute atomic E-state index is 0.0792. The molecule has 1 aromatic carbocycles. The molecular formula is C17H14F3N3O3. The number of ketones is 1. The summed E-state index contributed by atoms with van der Waals surface area (Å²) in [6, 6.07) is 6.57. The van der Waals surface area contributed by atoms with Gasteiger partial charge in [-0.1, -0.05) is 6.07 Å². The van der Waals surface area contributed by atoms with Gasteiger partial charge in [0.05, 0.1) is 18.0 Å². The van der Waals surface area contributed by atoms with Crippen molar-refractivity contribution >= 4 is 28.9 Å². The normalized spacial score (nSPS) is 12.8. The van der Waals surface area contributed by atoms with E-state index in [4.69, 9.17) is 0 Å². The number of rotatable bonds is 3. The molecule has 2 heterocycles. The Kier molecular flexibility index (Phi) is 4.54. The molecule has 1 aromatic heterocycles. The molecule has 6 nitrogen and oxygen atoms in total. The molecule has 0 amide bonds. The molecule has 0 fully saturated rings. The van der Waals surface area contributed by atoms with Gasteiger partial charge in [0.2, 0.25) is 0 Å². The monoisotopic (exact) mass is 365 g/mol. The van der Waals surface area contributed by atoms with Crippen molar-refractivity contribution in [2.75, 3.05) is 17.2 Å². The first-order valence-corrected chi connectivity index (χ1v) is 7.73. The standard InChI is InChI=1S/C17H14F3N3O3/c1-2-26-16(25)14(24)9-3-5-11-12(7-9)21-8-10-4-6-13(17(18,19)20)23-15(10)22-11/h3-7,21H,2,8H2,1H3,(H,22,23). The molecule has 0 aliphatic carbocycles. The second-order valence-electron chi connectivity index (χ2n) is 5.49. The number of nitrogens with zero attached hydrogens (tertiary/aromatic N) is 1. The van der Waals surface area contributed by atoms with E-state index in [1.807, 2.05) is 0 Å². The van der Waals surface area contributed by atoms with Gasteiger partial charge in [0.15, 0.2) is 0 Å². The number of ether oxygens (including phenoxy) is 1. The number of carbonyl (C=O) groups is 2. The van der Waals surface area contributed by atoms with E-state index in [1.165, 1.54) is 24.3 Å². The van der Waals surface area contributed by atoms with Crippen LogP contribution in [-0.2, 0) is 22.3 Å². The highest BCUT2D eigenvalue weighted by molar-refractivity contribution is 6.40. The minimum Gasteiger partial charge on any atom is -0.460 e. The van der Waals surface area contributed by atoms with Crippen molar-refractivity contribution in [3.63, 3.8) is 0 Å². The van der Waals surface area contributed by atoms with Crippen LogP contribution in [0, 0.1) is 0 Å². The first kappa shape index (κ1) is 17.7. The lowest BCUT2D eigenvalue weighted by Gasteiger charge is -2.11. The summed E-state index contributed by atoms with van der Waals surface area (Å²) in [5.41, 5.74) is 0.558. The zero-order valence-electron chi connectivity index (χ0n) is 13.6. The second kappa shape index (κ2) is 6.66. The van der Waals surface area contributed by atoms with E-state index >= 15 is 0 Å². The van der Waals surface area contributed by atoms with Gasteiger partial charge >= 0.3 is 12.1 Å². The molecule has 0 unspecified atom stereocenters. The van der Waals surface area contributed by atoms with Crippen molar-refractivity contribution in [3.05, 3.63) is 47.2 Å². The van der Waals surface area contributed by atoms with E-state index in [1.54, 1.807) is 6.92 Å². The number of hydrogen-bond acceptors (Lipinski definition) is 6. The van der Waals surface area contributed by atoms with Crippen LogP contribution < -0.4 is 10.6 Å². The van der Waals surface area contributed by atoms with Gasteiger partial charge in [-0.2, -0.15) is 13.2 Å². The molecule has 1 aliphatic heterocycles. The van der Waals surface area contributed by atoms with E-state index in [0.29, 0.717) is 16.9 Å². The average Bonchev–Trinajstić information content (AvgIpc) is 2.78. The Morgan fingerprint density at radius 3 is 2.65 bits per heavy atom. The number of esters is 1. The van der Waals surface area contributed by atoms with Gasteiger partial charge in [0, 0.05) is 17.7 Å². The second-order valence-corrected chi connectivity index (χ2v) is 5.49. The lowest BCUT2D eigenvalue weighted by atomic mass is 10.1. The zero-order chi connectivity index (χ0) is 18.9. The van der Waals surface area contributed by atoms with Crippen LogP contribution in [-0.4, -0.2) is 23.3 Å². The fourth-order valence-electron chi connectivity index (χ4n) is 2.47. The maximum absolute atomic E-state index is 12.8. The fourth-order valence-corrected chi connectivity index (χ4v) is 2.47. The molecule has 0 spiro atoms. The summed E-state index contributed by atoms with van der Waals surface area (Å²) >= 11 is 0. The molecular weight excluding hydrogens is 351 g/mol. The van der Waals surface area contributed by atoms with Crippen LogP contribution in [0.5, 0.6) is 0 Å². The maximum Gasteiger partial charge on any atom is 0.433 e. The molecule has 136 valence electrons. The molecule has 0 atom stereocenters. The summed E-state index contributed by atoms with van der Waals surface area (Å²) in [4.78, 5) is 27.2. The van der Waals surface area contributed by atoms with Crippen molar-refractivity contribution in [2.24, 2.45) is 0 Å². The first-order chi connectivity index (χ1) is 12.3. The van der Waals surface area contributed by atoms with Gasteiger partial charge in [-0.25, -0.2) is 9.78 Å². The molecule has 2 aromatic rings. The highest BCUT2D eigenvalue weighted by atomic mass is 19.4. The van der Waals surface area contributed by atoms with Crippen LogP contribution in [0.15, 0.2) is 30.3 Å². The summed E-state index contributed by atoms with van der Waals surface area (Å²) in [6.45, 7) is 1.88. The number of benzene rings is 1. The Morgan fingerprint density at radius 1 is 1.19 bits per heavy atom. The summed E-state index contributed by atoms with van der Waals surface area (Å²) in [7, 11) is 0. The Hall–Kier alpha value is -3.10. The largest absolute Gasteiger partial charge is 0.460 e. The van der Waals surface area contributed by atoms with Gasteiger partial charge in [-0.3, -0.25) is 4.79 Å². The average molecular weight is 365 g/mol. The number of nitrogens with one attached hydrogen (secondary N) is 2. The zero-order valence-corrected chi connectivity index (χ0v) is 13.6. The highest BCUT2D eigenvalue weighted by Gasteiger charge is 2.33. The smallest absolute Gasteiger partial charge is 0.433 e. The Labute approximate surface area is 146 Å². The molecule has 0 radical (unpaired) electrons. The van der Waals surface area contributed by atoms with Crippen molar-refractivity contribution in [3.8, 4) is 0 Å². The van der Waals surface area contributed by atoms with Crippen LogP contribution >= 0.6 is 0 Å². The number of hydrogen-bond donors (Lipinski definition) is 2. The first-order valence-electron chi connectivity index (χ1n) is 7.73. The van der Waals surface area contributed by atoms with Crippen LogP contribution in [0.1, 0.15) is 28.5 Å². The Bertz CT molecular complexity index is 881. The Balaban J connectivity index is 1.91. The van der Waals surface area contributed by atoms with Gasteiger partial charge in [0.1, 0.15) is 11.5 Å². The predicted molar refractivity (Wildman–Crippen MR) is 87.3 cm³/mol. The van der Waals surface area contributed by atoms with E-state index in [2.05, 4.69) is 20.4 Å². The number of anilines is 3. The van der Waals surface area contributed by atoms with E-state index in [9.17, 15) is 22.8 Å². The molecule has 3 rings (SSSR count). The van der Waals surface area contributed by atoms with E-state index in [0.717, 1.165) is 6.07 Å². The van der Waals surface area contributed by atoms with E-state index < -0.39 is 23.6 Å². The van der Waals surface area contributed by atoms with Gasteiger partial charge < -0.3 is 15.4 Å². The lowest BCUT2D eigenvalue weighted by Crippen LogP contribution is -2.17. The van der Waals surface area contributed by atoms with Crippen LogP contribution in [0.4, 0.5) is 30.4 Å². The van der Waals surface area contributed by atoms with Crippen LogP contribution in [0.25, 0.3) is 0 Å². The number of carbonyl (C=O) groups excluding carboxylic acids is 2. The number of fused-ring (bicyclic) bond motifs is 2. The molecule has 26 heavy (non-hydrogen) atoms. The van der Waals surface area contributed by atoms with Crippen molar-refractivity contribution < 1.29 is 27.5 Å². The van der Waals surface area contributed by atoms with Crippen molar-refractivity contribution in [1.82, 2.24) is 4.98 Å². The molecule has 2 N–H and O–H groups in total. The fraction of sp³-hybridized carbons (Fsp3) is 0.235. The number of aromatic nitrogens is 1. The third-order valence-corrected chi connectivity index (χ3v) is 3.73. The molecule has 0 saturated carbocycles. The molecule has 0 saturated heterocycles. The summed E-state index contributed by atoms with van der Waals surface area (Å²) < 4.78 is 43.2. The quantitative estimate of drug-likeness (QED) is 0.492. The topological polar surface area (TPSA) is 80.3 Å². The maximum atomic E-state index is 12.8. The number of pyridine rings is 1. The highest BCUT2D eigenvalue weighted by Crippen LogP contribution is 2.34. The lowest BCUT2D eigenvalue weighted by molar-refractivity contribution is -0.141. The number of alkyl halides is 3. The molecule has 1 aliphatic rings. The van der Waals surface area contributed by atoms with Crippen molar-refractivity contribution in [1.29, 1.82) is 0 Å². The van der Waals surface area contributed by atoms with Gasteiger partial charge in [0.25, 0.3) is 5.78 Å². The van der Waals surface area contributed by atoms with Crippen molar-refractivity contribution in [2.45, 2.75) is 19.6 Å². The molecule has 0 bridgehead atoms. The SMILES string of the molecule is CCOC(=O)C(=O)c1ccc2c(c1)NCc1ccc(C(F)(F)F)nc1N2. The van der Waals surface area contributed by atoms with Crippen LogP contribution in [0.3, 0.4) is 0 Å². The van der Waals surface area contributed by atoms with Gasteiger partial charge in [-0.15, -0.1) is 0 Å². The number of Topliss-reactive ketones (excluding diaryl/α,β-unsaturated/α-hetero) is 1. The number of halogens is 3. The third-order valence-electron chi connectivity index (χ3n) is 3.73. The van der Waals surface area contributed by atoms with E-state index in [-0.39, 0.29) is 24.5 Å². The minimum atomic E-state index is -4.55. The van der Waals surface area contributed by atoms with Crippen LogP contribution in [0.2, 0.25) is 0 Å². The Morgan fingerprint density at radius 2 is 1.96 bits per heavy atom. The summed E-state index contributed by atoms with van der Waals surface area (Å²) in [5, 5.41) is 5.85. The van der Waals surface area contributed by atoms with Gasteiger partial charge in [-0.05, 0) is 31.2 Å². The molecule has 9 heteroatoms. The predicted octanol–water partition coefficient (Wildman–Crippen LogP) is 3.52.